The van der Waals surface area contributed by atoms with Gasteiger partial charge >= 0.3 is 0 Å². The predicted molar refractivity (Wildman–Crippen MR) is 81.1 cm³/mol. The molecule has 0 amide bonds. The molecule has 0 radical (unpaired) electrons. The topological polar surface area (TPSA) is 12.9 Å². The molecule has 92 valence electrons. The molecule has 2 aromatic carbocycles. The van der Waals surface area contributed by atoms with Gasteiger partial charge in [-0.15, -0.1) is 6.58 Å². The van der Waals surface area contributed by atoms with Crippen molar-refractivity contribution < 1.29 is 0 Å². The van der Waals surface area contributed by atoms with Gasteiger partial charge in [-0.3, -0.25) is 4.98 Å². The Morgan fingerprint density at radius 1 is 0.947 bits per heavy atom. The highest BCUT2D eigenvalue weighted by molar-refractivity contribution is 5.89. The van der Waals surface area contributed by atoms with Crippen molar-refractivity contribution in [3.05, 3.63) is 79.0 Å². The highest BCUT2D eigenvalue weighted by Crippen LogP contribution is 2.28. The van der Waals surface area contributed by atoms with Crippen molar-refractivity contribution in [3.8, 4) is 11.3 Å². The van der Waals surface area contributed by atoms with Gasteiger partial charge in [0.25, 0.3) is 0 Å². The summed E-state index contributed by atoms with van der Waals surface area (Å²) in [5.74, 6) is 0. The zero-order chi connectivity index (χ0) is 13.1. The van der Waals surface area contributed by atoms with E-state index in [1.807, 2.05) is 36.5 Å². The maximum Gasteiger partial charge on any atom is 0.0743 e. The highest BCUT2D eigenvalue weighted by Gasteiger charge is 2.09. The largest absolute Gasteiger partial charge is 0.255 e. The van der Waals surface area contributed by atoms with Crippen LogP contribution in [0.25, 0.3) is 22.0 Å². The van der Waals surface area contributed by atoms with Crippen molar-refractivity contribution >= 4 is 10.8 Å². The second-order valence-corrected chi connectivity index (χ2v) is 4.53. The third kappa shape index (κ3) is 2.15. The first-order valence-corrected chi connectivity index (χ1v) is 6.43. The lowest BCUT2D eigenvalue weighted by Gasteiger charge is -2.11. The van der Waals surface area contributed by atoms with E-state index in [2.05, 4.69) is 41.9 Å². The van der Waals surface area contributed by atoms with Crippen LogP contribution in [0.3, 0.4) is 0 Å². The predicted octanol–water partition coefficient (Wildman–Crippen LogP) is 4.63. The summed E-state index contributed by atoms with van der Waals surface area (Å²) in [6, 6.07) is 18.7. The number of pyridine rings is 1. The van der Waals surface area contributed by atoms with Gasteiger partial charge in [0, 0.05) is 17.1 Å². The summed E-state index contributed by atoms with van der Waals surface area (Å²) in [7, 11) is 0. The van der Waals surface area contributed by atoms with Crippen LogP contribution in [0.5, 0.6) is 0 Å². The van der Waals surface area contributed by atoms with Gasteiger partial charge in [0.1, 0.15) is 0 Å². The summed E-state index contributed by atoms with van der Waals surface area (Å²) in [5.41, 5.74) is 3.46. The number of allylic oxidation sites excluding steroid dienone is 1. The number of rotatable bonds is 3. The number of nitrogens with zero attached hydrogens (tertiary/aromatic N) is 1. The van der Waals surface area contributed by atoms with E-state index < -0.39 is 0 Å². The van der Waals surface area contributed by atoms with Gasteiger partial charge in [0.15, 0.2) is 0 Å². The Labute approximate surface area is 113 Å². The molecule has 0 spiro atoms. The van der Waals surface area contributed by atoms with Crippen molar-refractivity contribution in [2.24, 2.45) is 0 Å². The van der Waals surface area contributed by atoms with Crippen LogP contribution < -0.4 is 0 Å². The van der Waals surface area contributed by atoms with E-state index in [1.165, 1.54) is 16.3 Å². The summed E-state index contributed by atoms with van der Waals surface area (Å²) < 4.78 is 0. The first-order valence-electron chi connectivity index (χ1n) is 6.43. The lowest BCUT2D eigenvalue weighted by atomic mass is 9.98. The molecule has 0 saturated carbocycles. The molecule has 1 heteroatoms. The average molecular weight is 245 g/mol. The van der Waals surface area contributed by atoms with Crippen LogP contribution in [0.1, 0.15) is 5.56 Å². The molecule has 19 heavy (non-hydrogen) atoms. The van der Waals surface area contributed by atoms with E-state index in [9.17, 15) is 0 Å². The Bertz CT molecular complexity index is 714. The fourth-order valence-electron chi connectivity index (χ4n) is 2.42. The smallest absolute Gasteiger partial charge is 0.0743 e. The Morgan fingerprint density at radius 2 is 1.68 bits per heavy atom. The number of hydrogen-bond acceptors (Lipinski definition) is 1. The Morgan fingerprint density at radius 3 is 2.47 bits per heavy atom. The van der Waals surface area contributed by atoms with E-state index in [4.69, 9.17) is 0 Å². The van der Waals surface area contributed by atoms with Crippen LogP contribution in [0, 0.1) is 0 Å². The van der Waals surface area contributed by atoms with Crippen molar-refractivity contribution in [1.29, 1.82) is 0 Å². The van der Waals surface area contributed by atoms with Crippen LogP contribution in [-0.4, -0.2) is 4.98 Å². The summed E-state index contributed by atoms with van der Waals surface area (Å²) in [4.78, 5) is 4.65. The molecule has 3 aromatic rings. The lowest BCUT2D eigenvalue weighted by molar-refractivity contribution is 1.23. The third-order valence-corrected chi connectivity index (χ3v) is 3.30. The van der Waals surface area contributed by atoms with Crippen LogP contribution in [0.4, 0.5) is 0 Å². The fourth-order valence-corrected chi connectivity index (χ4v) is 2.42. The van der Waals surface area contributed by atoms with Crippen LogP contribution in [-0.2, 0) is 6.42 Å². The first kappa shape index (κ1) is 11.7. The molecule has 1 nitrogen and oxygen atoms in total. The number of hydrogen-bond donors (Lipinski definition) is 0. The molecule has 3 rings (SSSR count). The zero-order valence-corrected chi connectivity index (χ0v) is 10.7. The monoisotopic (exact) mass is 245 g/mol. The molecule has 0 bridgehead atoms. The van der Waals surface area contributed by atoms with E-state index in [0.717, 1.165) is 17.7 Å². The average Bonchev–Trinajstić information content (AvgIpc) is 2.49. The summed E-state index contributed by atoms with van der Waals surface area (Å²) in [6.07, 6.45) is 4.72. The summed E-state index contributed by atoms with van der Waals surface area (Å²) >= 11 is 0. The van der Waals surface area contributed by atoms with E-state index in [0.29, 0.717) is 0 Å². The van der Waals surface area contributed by atoms with Gasteiger partial charge in [0.2, 0.25) is 0 Å². The molecule has 0 unspecified atom stereocenters. The number of fused-ring (bicyclic) bond motifs is 1. The van der Waals surface area contributed by atoms with Crippen molar-refractivity contribution in [2.45, 2.75) is 6.42 Å². The number of benzene rings is 2. The maximum absolute atomic E-state index is 4.65. The first-order chi connectivity index (χ1) is 9.40. The minimum absolute atomic E-state index is 0.832. The Hall–Kier alpha value is -2.41. The SMILES string of the molecule is C=CCc1c(-c2ccccc2)ncc2ccccc12. The molecular formula is C18H15N. The fraction of sp³-hybridized carbons (Fsp3) is 0.0556. The van der Waals surface area contributed by atoms with Gasteiger partial charge in [-0.2, -0.15) is 0 Å². The van der Waals surface area contributed by atoms with Gasteiger partial charge in [-0.1, -0.05) is 60.7 Å². The molecule has 0 aliphatic rings. The molecular weight excluding hydrogens is 230 g/mol. The van der Waals surface area contributed by atoms with Crippen molar-refractivity contribution in [2.75, 3.05) is 0 Å². The molecule has 0 N–H and O–H groups in total. The summed E-state index contributed by atoms with van der Waals surface area (Å²) in [6.45, 7) is 3.87. The van der Waals surface area contributed by atoms with Crippen LogP contribution in [0.15, 0.2) is 73.4 Å². The maximum atomic E-state index is 4.65. The molecule has 0 atom stereocenters. The van der Waals surface area contributed by atoms with Crippen LogP contribution >= 0.6 is 0 Å². The van der Waals surface area contributed by atoms with Gasteiger partial charge in [-0.05, 0) is 17.4 Å². The normalized spacial score (nSPS) is 10.5. The summed E-state index contributed by atoms with van der Waals surface area (Å²) in [5, 5.41) is 2.44. The lowest BCUT2D eigenvalue weighted by Crippen LogP contribution is -1.94. The quantitative estimate of drug-likeness (QED) is 0.613. The minimum Gasteiger partial charge on any atom is -0.255 e. The van der Waals surface area contributed by atoms with Gasteiger partial charge in [-0.25, -0.2) is 0 Å². The minimum atomic E-state index is 0.832. The van der Waals surface area contributed by atoms with E-state index in [1.54, 1.807) is 0 Å². The third-order valence-electron chi connectivity index (χ3n) is 3.30. The second kappa shape index (κ2) is 5.07. The molecule has 0 fully saturated rings. The zero-order valence-electron chi connectivity index (χ0n) is 10.7. The van der Waals surface area contributed by atoms with E-state index >= 15 is 0 Å². The van der Waals surface area contributed by atoms with Gasteiger partial charge in [0.05, 0.1) is 5.69 Å². The second-order valence-electron chi connectivity index (χ2n) is 4.53. The van der Waals surface area contributed by atoms with Gasteiger partial charge < -0.3 is 0 Å². The number of aromatic nitrogens is 1. The van der Waals surface area contributed by atoms with Crippen molar-refractivity contribution in [3.63, 3.8) is 0 Å². The Kier molecular flexibility index (Phi) is 3.11. The molecule has 1 aromatic heterocycles. The molecule has 0 saturated heterocycles. The molecule has 1 heterocycles. The highest BCUT2D eigenvalue weighted by atomic mass is 14.7. The van der Waals surface area contributed by atoms with Crippen molar-refractivity contribution in [1.82, 2.24) is 4.98 Å². The molecule has 0 aliphatic heterocycles. The Balaban J connectivity index is 2.30. The van der Waals surface area contributed by atoms with Crippen LogP contribution in [0.2, 0.25) is 0 Å². The standard InChI is InChI=1S/C18H15N/c1-2-8-17-16-12-7-6-11-15(16)13-19-18(17)14-9-4-3-5-10-14/h2-7,9-13H,1,8H2. The molecule has 0 aliphatic carbocycles. The van der Waals surface area contributed by atoms with E-state index in [-0.39, 0.29) is 0 Å².